The highest BCUT2D eigenvalue weighted by Gasteiger charge is 2.31. The summed E-state index contributed by atoms with van der Waals surface area (Å²) in [6.07, 6.45) is 2.24. The van der Waals surface area contributed by atoms with E-state index in [1.807, 2.05) is 48.5 Å². The molecule has 0 atom stereocenters. The summed E-state index contributed by atoms with van der Waals surface area (Å²) in [5, 5.41) is 18.2. The summed E-state index contributed by atoms with van der Waals surface area (Å²) in [5.74, 6) is -2.34. The SMILES string of the molecule is CCCCn1nc(C(C)(F)F)nc1Cc1ccc(-c2ccccc2-c2nnn[nH]2)cc1. The first kappa shape index (κ1) is 20.8. The van der Waals surface area contributed by atoms with Gasteiger partial charge in [0.25, 0.3) is 0 Å². The summed E-state index contributed by atoms with van der Waals surface area (Å²) in [6.45, 7) is 3.45. The van der Waals surface area contributed by atoms with E-state index in [-0.39, 0.29) is 0 Å². The van der Waals surface area contributed by atoms with Crippen LogP contribution in [0.25, 0.3) is 22.5 Å². The number of alkyl halides is 2. The number of nitrogens with zero attached hydrogens (tertiary/aromatic N) is 6. The number of nitrogens with one attached hydrogen (secondary N) is 1. The van der Waals surface area contributed by atoms with Crippen LogP contribution in [0.4, 0.5) is 8.78 Å². The van der Waals surface area contributed by atoms with Gasteiger partial charge in [0.15, 0.2) is 5.82 Å². The van der Waals surface area contributed by atoms with Gasteiger partial charge < -0.3 is 0 Å². The number of benzene rings is 2. The lowest BCUT2D eigenvalue weighted by molar-refractivity contribution is 0.00751. The number of unbranched alkanes of at least 4 members (excludes halogenated alkanes) is 1. The summed E-state index contributed by atoms with van der Waals surface area (Å²) in [6, 6.07) is 15.8. The normalized spacial score (nSPS) is 11.7. The molecule has 0 spiro atoms. The fourth-order valence-corrected chi connectivity index (χ4v) is 3.38. The second-order valence-electron chi connectivity index (χ2n) is 7.49. The molecule has 7 nitrogen and oxygen atoms in total. The van der Waals surface area contributed by atoms with Crippen LogP contribution in [0.15, 0.2) is 48.5 Å². The zero-order valence-corrected chi connectivity index (χ0v) is 17.4. The lowest BCUT2D eigenvalue weighted by atomic mass is 9.98. The molecule has 2 aromatic carbocycles. The number of hydrogen-bond donors (Lipinski definition) is 1. The first-order valence-corrected chi connectivity index (χ1v) is 10.2. The second-order valence-corrected chi connectivity index (χ2v) is 7.49. The molecule has 31 heavy (non-hydrogen) atoms. The Morgan fingerprint density at radius 1 is 1.03 bits per heavy atom. The molecule has 2 aromatic heterocycles. The van der Waals surface area contributed by atoms with E-state index in [2.05, 4.69) is 37.6 Å². The van der Waals surface area contributed by atoms with Crippen molar-refractivity contribution in [3.8, 4) is 22.5 Å². The van der Waals surface area contributed by atoms with E-state index < -0.39 is 11.7 Å². The first-order valence-electron chi connectivity index (χ1n) is 10.2. The van der Waals surface area contributed by atoms with Crippen LogP contribution < -0.4 is 0 Å². The Bertz CT molecular complexity index is 1130. The van der Waals surface area contributed by atoms with Gasteiger partial charge in [0.05, 0.1) is 0 Å². The molecule has 0 amide bonds. The van der Waals surface area contributed by atoms with Gasteiger partial charge in [0, 0.05) is 25.5 Å². The van der Waals surface area contributed by atoms with Gasteiger partial charge in [-0.25, -0.2) is 14.8 Å². The number of H-pyrrole nitrogens is 1. The Balaban J connectivity index is 1.60. The maximum atomic E-state index is 13.7. The molecule has 0 radical (unpaired) electrons. The van der Waals surface area contributed by atoms with Gasteiger partial charge in [-0.1, -0.05) is 61.9 Å². The Labute approximate surface area is 178 Å². The lowest BCUT2D eigenvalue weighted by Crippen LogP contribution is -2.11. The Hall–Kier alpha value is -3.49. The van der Waals surface area contributed by atoms with E-state index in [0.717, 1.165) is 42.0 Å². The van der Waals surface area contributed by atoms with E-state index in [9.17, 15) is 8.78 Å². The topological polar surface area (TPSA) is 85.2 Å². The van der Waals surface area contributed by atoms with Gasteiger partial charge in [-0.2, -0.15) is 8.78 Å². The highest BCUT2D eigenvalue weighted by atomic mass is 19.3. The third-order valence-electron chi connectivity index (χ3n) is 5.02. The molecular weight excluding hydrogens is 400 g/mol. The molecule has 0 fully saturated rings. The molecular formula is C22H23F2N7. The Morgan fingerprint density at radius 2 is 1.77 bits per heavy atom. The summed E-state index contributed by atoms with van der Waals surface area (Å²) in [5.41, 5.74) is 3.86. The molecule has 1 N–H and O–H groups in total. The monoisotopic (exact) mass is 423 g/mol. The van der Waals surface area contributed by atoms with E-state index in [1.165, 1.54) is 0 Å². The number of hydrogen-bond acceptors (Lipinski definition) is 5. The third-order valence-corrected chi connectivity index (χ3v) is 5.02. The highest BCUT2D eigenvalue weighted by molar-refractivity contribution is 5.80. The van der Waals surface area contributed by atoms with Gasteiger partial charge in [-0.05, 0) is 33.5 Å². The van der Waals surface area contributed by atoms with Crippen molar-refractivity contribution in [3.05, 3.63) is 65.7 Å². The highest BCUT2D eigenvalue weighted by Crippen LogP contribution is 2.30. The maximum absolute atomic E-state index is 13.7. The second kappa shape index (κ2) is 8.71. The van der Waals surface area contributed by atoms with Crippen LogP contribution in [0.2, 0.25) is 0 Å². The van der Waals surface area contributed by atoms with Crippen molar-refractivity contribution in [2.24, 2.45) is 0 Å². The van der Waals surface area contributed by atoms with Crippen molar-refractivity contribution < 1.29 is 8.78 Å². The minimum atomic E-state index is -3.06. The van der Waals surface area contributed by atoms with Crippen molar-refractivity contribution in [2.45, 2.75) is 45.6 Å². The average molecular weight is 423 g/mol. The molecule has 0 bridgehead atoms. The van der Waals surface area contributed by atoms with Crippen LogP contribution in [-0.4, -0.2) is 35.4 Å². The lowest BCUT2D eigenvalue weighted by Gasteiger charge is -2.09. The van der Waals surface area contributed by atoms with Crippen molar-refractivity contribution >= 4 is 0 Å². The number of tetrazole rings is 1. The number of aromatic amines is 1. The largest absolute Gasteiger partial charge is 0.305 e. The molecule has 0 unspecified atom stereocenters. The van der Waals surface area contributed by atoms with Gasteiger partial charge in [-0.15, -0.1) is 10.2 Å². The van der Waals surface area contributed by atoms with Crippen molar-refractivity contribution in [1.82, 2.24) is 35.4 Å². The molecule has 4 rings (SSSR count). The fourth-order valence-electron chi connectivity index (χ4n) is 3.38. The standard InChI is InChI=1S/C22H23F2N7/c1-3-4-13-31-19(25-21(28-31)22(2,23)24)14-15-9-11-16(12-10-15)17-7-5-6-8-18(17)20-26-29-30-27-20/h5-12H,3-4,13-14H2,1-2H3,(H,26,27,29,30). The van der Waals surface area contributed by atoms with Crippen LogP contribution in [0.5, 0.6) is 0 Å². The molecule has 4 aromatic rings. The Kier molecular flexibility index (Phi) is 5.83. The number of halogens is 2. The zero-order chi connectivity index (χ0) is 21.8. The summed E-state index contributed by atoms with van der Waals surface area (Å²) < 4.78 is 29.1. The minimum Gasteiger partial charge on any atom is -0.249 e. The molecule has 0 saturated heterocycles. The number of rotatable bonds is 8. The number of aryl methyl sites for hydroxylation is 1. The van der Waals surface area contributed by atoms with E-state index in [1.54, 1.807) is 4.68 Å². The van der Waals surface area contributed by atoms with Gasteiger partial charge in [0.1, 0.15) is 5.82 Å². The molecule has 0 saturated carbocycles. The first-order chi connectivity index (χ1) is 15.0. The van der Waals surface area contributed by atoms with Crippen LogP contribution >= 0.6 is 0 Å². The molecule has 0 aliphatic heterocycles. The molecule has 9 heteroatoms. The van der Waals surface area contributed by atoms with E-state index in [4.69, 9.17) is 0 Å². The third kappa shape index (κ3) is 4.65. The number of aromatic nitrogens is 7. The molecule has 2 heterocycles. The molecule has 0 aliphatic rings. The van der Waals surface area contributed by atoms with Crippen molar-refractivity contribution in [3.63, 3.8) is 0 Å². The van der Waals surface area contributed by atoms with E-state index in [0.29, 0.717) is 24.6 Å². The van der Waals surface area contributed by atoms with Crippen LogP contribution in [0.3, 0.4) is 0 Å². The quantitative estimate of drug-likeness (QED) is 0.447. The predicted molar refractivity (Wildman–Crippen MR) is 112 cm³/mol. The van der Waals surface area contributed by atoms with Crippen LogP contribution in [-0.2, 0) is 18.9 Å². The fraction of sp³-hybridized carbons (Fsp3) is 0.318. The smallest absolute Gasteiger partial charge is 0.249 e. The predicted octanol–water partition coefficient (Wildman–Crippen LogP) is 4.63. The van der Waals surface area contributed by atoms with Crippen LogP contribution in [0, 0.1) is 0 Å². The molecule has 0 aliphatic carbocycles. The summed E-state index contributed by atoms with van der Waals surface area (Å²) in [7, 11) is 0. The average Bonchev–Trinajstić information content (AvgIpc) is 3.43. The summed E-state index contributed by atoms with van der Waals surface area (Å²) in [4.78, 5) is 4.13. The van der Waals surface area contributed by atoms with Crippen LogP contribution in [0.1, 0.15) is 43.9 Å². The minimum absolute atomic E-state index is 0.426. The van der Waals surface area contributed by atoms with Crippen molar-refractivity contribution in [2.75, 3.05) is 0 Å². The summed E-state index contributed by atoms with van der Waals surface area (Å²) >= 11 is 0. The van der Waals surface area contributed by atoms with Gasteiger partial charge >= 0.3 is 5.92 Å². The zero-order valence-electron chi connectivity index (χ0n) is 17.4. The maximum Gasteiger partial charge on any atom is 0.305 e. The van der Waals surface area contributed by atoms with Gasteiger partial charge in [0.2, 0.25) is 5.82 Å². The van der Waals surface area contributed by atoms with E-state index >= 15 is 0 Å². The Morgan fingerprint density at radius 3 is 2.42 bits per heavy atom. The molecule has 160 valence electrons. The van der Waals surface area contributed by atoms with Gasteiger partial charge in [-0.3, -0.25) is 0 Å². The van der Waals surface area contributed by atoms with Crippen molar-refractivity contribution in [1.29, 1.82) is 0 Å².